The van der Waals surface area contributed by atoms with E-state index in [1.54, 1.807) is 13.8 Å². The lowest BCUT2D eigenvalue weighted by Gasteiger charge is -2.21. The first-order chi connectivity index (χ1) is 11.2. The zero-order valence-electron chi connectivity index (χ0n) is 14.3. The number of carbonyl (C=O) groups is 1. The van der Waals surface area contributed by atoms with Crippen molar-refractivity contribution in [2.45, 2.75) is 32.6 Å². The molecule has 8 heteroatoms. The predicted molar refractivity (Wildman–Crippen MR) is 92.5 cm³/mol. The Bertz CT molecular complexity index is 806. The molecular formula is C16H22N4O3S. The first-order valence-corrected chi connectivity index (χ1v) is 9.06. The van der Waals surface area contributed by atoms with Crippen molar-refractivity contribution < 1.29 is 13.2 Å². The van der Waals surface area contributed by atoms with Crippen LogP contribution in [0.25, 0.3) is 0 Å². The van der Waals surface area contributed by atoms with Gasteiger partial charge in [-0.1, -0.05) is 17.7 Å². The van der Waals surface area contributed by atoms with Gasteiger partial charge in [-0.05, 0) is 32.9 Å². The van der Waals surface area contributed by atoms with Crippen LogP contribution in [-0.2, 0) is 14.8 Å². The van der Waals surface area contributed by atoms with Crippen LogP contribution in [0.3, 0.4) is 0 Å². The van der Waals surface area contributed by atoms with Gasteiger partial charge in [-0.15, -0.1) is 0 Å². The molecule has 24 heavy (non-hydrogen) atoms. The third-order valence-electron chi connectivity index (χ3n) is 3.68. The molecule has 0 bridgehead atoms. The highest BCUT2D eigenvalue weighted by molar-refractivity contribution is 7.89. The van der Waals surface area contributed by atoms with Crippen molar-refractivity contribution in [3.05, 3.63) is 41.2 Å². The number of hydrogen-bond acceptors (Lipinski definition) is 4. The fourth-order valence-corrected chi connectivity index (χ4v) is 3.88. The molecule has 130 valence electrons. The maximum Gasteiger partial charge on any atom is 0.244 e. The van der Waals surface area contributed by atoms with Gasteiger partial charge in [0.1, 0.15) is 4.90 Å². The molecule has 2 aromatic rings. The van der Waals surface area contributed by atoms with Crippen molar-refractivity contribution in [2.24, 2.45) is 0 Å². The number of hydrogen-bond donors (Lipinski definition) is 2. The van der Waals surface area contributed by atoms with Crippen LogP contribution in [-0.4, -0.2) is 37.6 Å². The Morgan fingerprint density at radius 3 is 2.33 bits per heavy atom. The van der Waals surface area contributed by atoms with Crippen molar-refractivity contribution in [3.8, 4) is 0 Å². The molecule has 0 aliphatic rings. The first kappa shape index (κ1) is 18.2. The molecule has 0 saturated carbocycles. The Hall–Kier alpha value is -2.19. The van der Waals surface area contributed by atoms with Gasteiger partial charge < -0.3 is 4.90 Å². The number of sulfonamides is 1. The van der Waals surface area contributed by atoms with E-state index >= 15 is 0 Å². The second-order valence-electron chi connectivity index (χ2n) is 5.67. The number of rotatable bonds is 6. The van der Waals surface area contributed by atoms with Crippen molar-refractivity contribution in [2.75, 3.05) is 18.0 Å². The highest BCUT2D eigenvalue weighted by Crippen LogP contribution is 2.17. The average Bonchev–Trinajstić information content (AvgIpc) is 2.84. The van der Waals surface area contributed by atoms with E-state index in [1.807, 2.05) is 31.2 Å². The summed E-state index contributed by atoms with van der Waals surface area (Å²) < 4.78 is 27.3. The molecule has 1 aromatic heterocycles. The first-order valence-electron chi connectivity index (χ1n) is 7.58. The van der Waals surface area contributed by atoms with Crippen molar-refractivity contribution in [3.63, 3.8) is 0 Å². The van der Waals surface area contributed by atoms with Crippen molar-refractivity contribution >= 4 is 21.6 Å². The minimum Gasteiger partial charge on any atom is -0.311 e. The molecular weight excluding hydrogens is 328 g/mol. The van der Waals surface area contributed by atoms with E-state index in [0.717, 1.165) is 11.3 Å². The number of anilines is 1. The van der Waals surface area contributed by atoms with Gasteiger partial charge in [0.25, 0.3) is 0 Å². The molecule has 0 fully saturated rings. The Morgan fingerprint density at radius 1 is 1.21 bits per heavy atom. The third-order valence-corrected chi connectivity index (χ3v) is 5.41. The number of carbonyl (C=O) groups excluding carboxylic acids is 1. The summed E-state index contributed by atoms with van der Waals surface area (Å²) >= 11 is 0. The third kappa shape index (κ3) is 4.01. The molecule has 1 aromatic carbocycles. The molecule has 0 unspecified atom stereocenters. The molecule has 0 spiro atoms. The maximum absolute atomic E-state index is 12.4. The Balaban J connectivity index is 2.08. The highest BCUT2D eigenvalue weighted by atomic mass is 32.2. The van der Waals surface area contributed by atoms with Crippen LogP contribution in [0.5, 0.6) is 0 Å². The Labute approximate surface area is 142 Å². The molecule has 0 radical (unpaired) electrons. The Kier molecular flexibility index (Phi) is 5.40. The van der Waals surface area contributed by atoms with Crippen LogP contribution in [0.2, 0.25) is 0 Å². The second-order valence-corrected chi connectivity index (χ2v) is 7.37. The van der Waals surface area contributed by atoms with Crippen LogP contribution >= 0.6 is 0 Å². The maximum atomic E-state index is 12.4. The number of aromatic amines is 1. The molecule has 0 saturated heterocycles. The van der Waals surface area contributed by atoms with Gasteiger partial charge >= 0.3 is 0 Å². The van der Waals surface area contributed by atoms with E-state index in [-0.39, 0.29) is 23.9 Å². The molecule has 0 aliphatic carbocycles. The lowest BCUT2D eigenvalue weighted by atomic mass is 10.2. The van der Waals surface area contributed by atoms with Gasteiger partial charge in [0.15, 0.2) is 0 Å². The normalized spacial score (nSPS) is 11.5. The average molecular weight is 350 g/mol. The summed E-state index contributed by atoms with van der Waals surface area (Å²) in [6.45, 7) is 7.06. The molecule has 2 N–H and O–H groups in total. The minimum atomic E-state index is -3.67. The highest BCUT2D eigenvalue weighted by Gasteiger charge is 2.22. The summed E-state index contributed by atoms with van der Waals surface area (Å²) in [4.78, 5) is 13.6. The van der Waals surface area contributed by atoms with Gasteiger partial charge in [0.05, 0.1) is 11.4 Å². The largest absolute Gasteiger partial charge is 0.311 e. The number of H-pyrrole nitrogens is 1. The lowest BCUT2D eigenvalue weighted by molar-refractivity contribution is -0.116. The van der Waals surface area contributed by atoms with Gasteiger partial charge in [-0.25, -0.2) is 13.1 Å². The number of nitrogens with zero attached hydrogens (tertiary/aromatic N) is 2. The van der Waals surface area contributed by atoms with Crippen LogP contribution in [0.1, 0.15) is 23.9 Å². The van der Waals surface area contributed by atoms with Gasteiger partial charge in [-0.2, -0.15) is 5.10 Å². The second kappa shape index (κ2) is 7.14. The smallest absolute Gasteiger partial charge is 0.244 e. The van der Waals surface area contributed by atoms with E-state index in [0.29, 0.717) is 11.4 Å². The molecule has 2 rings (SSSR count). The summed E-state index contributed by atoms with van der Waals surface area (Å²) in [6.07, 6.45) is 0. The van der Waals surface area contributed by atoms with Crippen LogP contribution in [0.15, 0.2) is 29.2 Å². The van der Waals surface area contributed by atoms with Crippen LogP contribution in [0.4, 0.5) is 5.69 Å². The fraction of sp³-hybridized carbons (Fsp3) is 0.375. The Morgan fingerprint density at radius 2 is 1.83 bits per heavy atom. The zero-order valence-corrected chi connectivity index (χ0v) is 15.1. The number of benzene rings is 1. The van der Waals surface area contributed by atoms with E-state index in [9.17, 15) is 13.2 Å². The standard InChI is InChI=1S/C16H22N4O3S/c1-11-5-7-15(8-6-11)20(14(4)21)10-9-17-24(22,23)16-12(2)18-19-13(16)3/h5-8,17H,9-10H2,1-4H3,(H,18,19). The van der Waals surface area contributed by atoms with Crippen molar-refractivity contribution in [1.29, 1.82) is 0 Å². The summed E-state index contributed by atoms with van der Waals surface area (Å²) in [5.41, 5.74) is 2.74. The SMILES string of the molecule is CC(=O)N(CCNS(=O)(=O)c1c(C)n[nH]c1C)c1ccc(C)cc1. The van der Waals surface area contributed by atoms with E-state index < -0.39 is 10.0 Å². The number of nitrogens with one attached hydrogen (secondary N) is 2. The summed E-state index contributed by atoms with van der Waals surface area (Å²) in [6, 6.07) is 7.51. The predicted octanol–water partition coefficient (Wildman–Crippen LogP) is 1.67. The van der Waals surface area contributed by atoms with E-state index in [1.165, 1.54) is 11.8 Å². The van der Waals surface area contributed by atoms with Crippen LogP contribution in [0, 0.1) is 20.8 Å². The topological polar surface area (TPSA) is 95.2 Å². The monoisotopic (exact) mass is 350 g/mol. The minimum absolute atomic E-state index is 0.111. The molecule has 1 heterocycles. The molecule has 1 amide bonds. The number of aryl methyl sites for hydroxylation is 3. The fourth-order valence-electron chi connectivity index (χ4n) is 2.49. The van der Waals surface area contributed by atoms with Gasteiger partial charge in [0.2, 0.25) is 15.9 Å². The van der Waals surface area contributed by atoms with E-state index in [4.69, 9.17) is 0 Å². The summed E-state index contributed by atoms with van der Waals surface area (Å²) in [5, 5.41) is 6.56. The van der Waals surface area contributed by atoms with Gasteiger partial charge in [-0.3, -0.25) is 9.89 Å². The number of aromatic nitrogens is 2. The number of amides is 1. The van der Waals surface area contributed by atoms with Gasteiger partial charge in [0, 0.05) is 25.7 Å². The lowest BCUT2D eigenvalue weighted by Crippen LogP contribution is -2.37. The summed E-state index contributed by atoms with van der Waals surface area (Å²) in [7, 11) is -3.67. The zero-order chi connectivity index (χ0) is 17.9. The van der Waals surface area contributed by atoms with Crippen molar-refractivity contribution in [1.82, 2.24) is 14.9 Å². The molecule has 7 nitrogen and oxygen atoms in total. The molecule has 0 aliphatic heterocycles. The summed E-state index contributed by atoms with van der Waals surface area (Å²) in [5.74, 6) is -0.145. The van der Waals surface area contributed by atoms with Crippen LogP contribution < -0.4 is 9.62 Å². The van der Waals surface area contributed by atoms with E-state index in [2.05, 4.69) is 14.9 Å². The quantitative estimate of drug-likeness (QED) is 0.828. The molecule has 0 atom stereocenters.